The fourth-order valence-corrected chi connectivity index (χ4v) is 3.05. The van der Waals surface area contributed by atoms with Gasteiger partial charge < -0.3 is 43.4 Å². The van der Waals surface area contributed by atoms with E-state index in [-0.39, 0.29) is 24.2 Å². The van der Waals surface area contributed by atoms with Crippen molar-refractivity contribution in [2.45, 2.75) is 84.2 Å². The molecule has 0 aliphatic carbocycles. The van der Waals surface area contributed by atoms with E-state index in [0.717, 1.165) is 0 Å². The molecule has 0 rings (SSSR count). The van der Waals surface area contributed by atoms with Gasteiger partial charge in [0.05, 0.1) is 12.1 Å². The molecule has 0 heterocycles. The average molecular weight is 488 g/mol. The highest BCUT2D eigenvalue weighted by Crippen LogP contribution is 2.09. The molecule has 11 N–H and O–H groups in total. The molecule has 0 radical (unpaired) electrons. The summed E-state index contributed by atoms with van der Waals surface area (Å²) in [4.78, 5) is 53.3. The maximum absolute atomic E-state index is 13.0. The van der Waals surface area contributed by atoms with Crippen molar-refractivity contribution >= 4 is 29.7 Å². The lowest BCUT2D eigenvalue weighted by molar-refractivity contribution is -0.145. The summed E-state index contributed by atoms with van der Waals surface area (Å²) in [5.41, 5.74) is 16.4. The van der Waals surface area contributed by atoms with Crippen molar-refractivity contribution in [1.82, 2.24) is 16.0 Å². The van der Waals surface area contributed by atoms with E-state index in [9.17, 15) is 29.4 Å². The number of rotatable bonds is 15. The minimum Gasteiger partial charge on any atom is -0.480 e. The van der Waals surface area contributed by atoms with Crippen LogP contribution < -0.4 is 33.2 Å². The Morgan fingerprint density at radius 1 is 0.882 bits per heavy atom. The van der Waals surface area contributed by atoms with Crippen LogP contribution in [0, 0.1) is 11.8 Å². The van der Waals surface area contributed by atoms with Crippen LogP contribution in [0.1, 0.15) is 53.9 Å². The topological polar surface area (TPSA) is 235 Å². The van der Waals surface area contributed by atoms with Crippen LogP contribution in [0.4, 0.5) is 0 Å². The maximum atomic E-state index is 13.0. The van der Waals surface area contributed by atoms with Gasteiger partial charge in [-0.25, -0.2) is 4.79 Å². The van der Waals surface area contributed by atoms with Crippen molar-refractivity contribution < 1.29 is 29.4 Å². The predicted molar refractivity (Wildman–Crippen MR) is 127 cm³/mol. The van der Waals surface area contributed by atoms with E-state index in [1.807, 2.05) is 13.8 Å². The molecule has 13 heteroatoms. The molecule has 0 aromatic carbocycles. The highest BCUT2D eigenvalue weighted by atomic mass is 16.4. The molecule has 0 bridgehead atoms. The minimum atomic E-state index is -1.53. The molecule has 0 saturated carbocycles. The number of aliphatic imine (C=N–C) groups is 1. The normalized spacial score (nSPS) is 15.6. The maximum Gasteiger partial charge on any atom is 0.328 e. The molecule has 5 atom stereocenters. The number of guanidine groups is 1. The Labute approximate surface area is 200 Å². The number of carbonyl (C=O) groups excluding carboxylic acids is 3. The van der Waals surface area contributed by atoms with Gasteiger partial charge >= 0.3 is 5.97 Å². The Bertz CT molecular complexity index is 722. The van der Waals surface area contributed by atoms with Gasteiger partial charge in [-0.3, -0.25) is 19.4 Å². The number of hydrogen-bond donors (Lipinski definition) is 8. The van der Waals surface area contributed by atoms with Gasteiger partial charge in [-0.2, -0.15) is 0 Å². The van der Waals surface area contributed by atoms with Crippen molar-refractivity contribution in [1.29, 1.82) is 0 Å². The predicted octanol–water partition coefficient (Wildman–Crippen LogP) is -2.01. The highest BCUT2D eigenvalue weighted by molar-refractivity contribution is 5.94. The Kier molecular flexibility index (Phi) is 13.8. The molecule has 196 valence electrons. The van der Waals surface area contributed by atoms with E-state index in [1.165, 1.54) is 6.92 Å². The molecular weight excluding hydrogens is 446 g/mol. The number of nitrogens with one attached hydrogen (secondary N) is 3. The quantitative estimate of drug-likeness (QED) is 0.0722. The number of aliphatic hydroxyl groups excluding tert-OH is 1. The second-order valence-electron chi connectivity index (χ2n) is 9.04. The van der Waals surface area contributed by atoms with Gasteiger partial charge in [0, 0.05) is 6.54 Å². The monoisotopic (exact) mass is 487 g/mol. The van der Waals surface area contributed by atoms with Gasteiger partial charge in [0.15, 0.2) is 12.0 Å². The summed E-state index contributed by atoms with van der Waals surface area (Å²) >= 11 is 0. The van der Waals surface area contributed by atoms with Crippen LogP contribution >= 0.6 is 0 Å². The zero-order valence-corrected chi connectivity index (χ0v) is 20.6. The van der Waals surface area contributed by atoms with Crippen molar-refractivity contribution in [3.63, 3.8) is 0 Å². The molecule has 0 aromatic heterocycles. The standard InChI is InChI=1S/C21H41N7O6/c1-10(2)9-14(18(31)28-16(12(5)29)20(33)34)26-19(32)15(11(3)4)27-17(30)13(22)7-6-8-25-21(23)24/h10-16,29H,6-9,22H2,1-5H3,(H,26,32)(H,27,30)(H,28,31)(H,33,34)(H4,23,24,25). The average Bonchev–Trinajstić information content (AvgIpc) is 2.70. The number of carboxylic acids is 1. The molecule has 0 aliphatic rings. The SMILES string of the molecule is CC(C)CC(NC(=O)C(NC(=O)C(N)CCCN=C(N)N)C(C)C)C(=O)NC(C(=O)O)C(C)O. The third kappa shape index (κ3) is 11.8. The van der Waals surface area contributed by atoms with Crippen LogP contribution in [0.3, 0.4) is 0 Å². The smallest absolute Gasteiger partial charge is 0.328 e. The summed E-state index contributed by atoms with van der Waals surface area (Å²) in [6.45, 7) is 8.66. The van der Waals surface area contributed by atoms with E-state index in [0.29, 0.717) is 19.4 Å². The highest BCUT2D eigenvalue weighted by Gasteiger charge is 2.33. The van der Waals surface area contributed by atoms with Crippen molar-refractivity contribution in [3.8, 4) is 0 Å². The van der Waals surface area contributed by atoms with Crippen LogP contribution in [-0.4, -0.2) is 76.7 Å². The molecule has 0 fully saturated rings. The number of amides is 3. The zero-order valence-electron chi connectivity index (χ0n) is 20.6. The van der Waals surface area contributed by atoms with Crippen LogP contribution in [0.2, 0.25) is 0 Å². The van der Waals surface area contributed by atoms with Gasteiger partial charge in [-0.05, 0) is 38.0 Å². The zero-order chi connectivity index (χ0) is 26.6. The second-order valence-corrected chi connectivity index (χ2v) is 9.04. The van der Waals surface area contributed by atoms with E-state index < -0.39 is 54.0 Å². The van der Waals surface area contributed by atoms with Crippen LogP contribution in [-0.2, 0) is 19.2 Å². The van der Waals surface area contributed by atoms with Crippen LogP contribution in [0.5, 0.6) is 0 Å². The van der Waals surface area contributed by atoms with Crippen molar-refractivity contribution in [3.05, 3.63) is 0 Å². The van der Waals surface area contributed by atoms with E-state index in [1.54, 1.807) is 13.8 Å². The second kappa shape index (κ2) is 15.1. The minimum absolute atomic E-state index is 0.0170. The molecule has 34 heavy (non-hydrogen) atoms. The lowest BCUT2D eigenvalue weighted by atomic mass is 9.99. The van der Waals surface area contributed by atoms with Crippen LogP contribution in [0.25, 0.3) is 0 Å². The first-order chi connectivity index (χ1) is 15.7. The van der Waals surface area contributed by atoms with E-state index in [2.05, 4.69) is 20.9 Å². The first kappa shape index (κ1) is 31.1. The summed E-state index contributed by atoms with van der Waals surface area (Å²) in [6, 6.07) is -4.47. The number of nitrogens with two attached hydrogens (primary N) is 3. The summed E-state index contributed by atoms with van der Waals surface area (Å²) in [5.74, 6) is -3.71. The lowest BCUT2D eigenvalue weighted by Gasteiger charge is -2.28. The molecular formula is C21H41N7O6. The van der Waals surface area contributed by atoms with Crippen molar-refractivity contribution in [2.24, 2.45) is 34.0 Å². The number of carboxylic acid groups (broad SMARTS) is 1. The van der Waals surface area contributed by atoms with Gasteiger partial charge in [0.25, 0.3) is 0 Å². The van der Waals surface area contributed by atoms with Crippen LogP contribution in [0.15, 0.2) is 4.99 Å². The van der Waals surface area contributed by atoms with Crippen molar-refractivity contribution in [2.75, 3.05) is 6.54 Å². The van der Waals surface area contributed by atoms with Gasteiger partial charge in [0.1, 0.15) is 12.1 Å². The number of nitrogens with zero attached hydrogens (tertiary/aromatic N) is 1. The first-order valence-electron chi connectivity index (χ1n) is 11.3. The summed E-state index contributed by atoms with van der Waals surface area (Å²) < 4.78 is 0. The summed E-state index contributed by atoms with van der Waals surface area (Å²) in [5, 5.41) is 26.3. The van der Waals surface area contributed by atoms with Gasteiger partial charge in [-0.15, -0.1) is 0 Å². The molecule has 0 spiro atoms. The molecule has 0 aliphatic heterocycles. The van der Waals surface area contributed by atoms with E-state index in [4.69, 9.17) is 17.2 Å². The Hall–Kier alpha value is -2.93. The number of aliphatic carboxylic acids is 1. The molecule has 5 unspecified atom stereocenters. The lowest BCUT2D eigenvalue weighted by Crippen LogP contribution is -2.59. The fraction of sp³-hybridized carbons (Fsp3) is 0.762. The summed E-state index contributed by atoms with van der Waals surface area (Å²) in [7, 11) is 0. The third-order valence-electron chi connectivity index (χ3n) is 4.94. The Balaban J connectivity index is 5.30. The van der Waals surface area contributed by atoms with Gasteiger partial charge in [0.2, 0.25) is 17.7 Å². The number of hydrogen-bond acceptors (Lipinski definition) is 7. The molecule has 0 aromatic rings. The largest absolute Gasteiger partial charge is 0.480 e. The summed E-state index contributed by atoms with van der Waals surface area (Å²) in [6.07, 6.45) is -0.362. The number of aliphatic hydroxyl groups is 1. The van der Waals surface area contributed by atoms with Gasteiger partial charge in [-0.1, -0.05) is 27.7 Å². The Morgan fingerprint density at radius 2 is 1.44 bits per heavy atom. The molecule has 13 nitrogen and oxygen atoms in total. The molecule has 3 amide bonds. The fourth-order valence-electron chi connectivity index (χ4n) is 3.05. The number of carbonyl (C=O) groups is 4. The Morgan fingerprint density at radius 3 is 1.88 bits per heavy atom. The third-order valence-corrected chi connectivity index (χ3v) is 4.94. The van der Waals surface area contributed by atoms with E-state index >= 15 is 0 Å². The first-order valence-corrected chi connectivity index (χ1v) is 11.3. The molecule has 0 saturated heterocycles.